The predicted molar refractivity (Wildman–Crippen MR) is 92.2 cm³/mol. The molecule has 3 nitrogen and oxygen atoms in total. The Bertz CT molecular complexity index is 864. The quantitative estimate of drug-likeness (QED) is 0.719. The number of aryl methyl sites for hydroxylation is 2. The van der Waals surface area contributed by atoms with Crippen LogP contribution in [-0.4, -0.2) is 9.78 Å². The van der Waals surface area contributed by atoms with Crippen LogP contribution in [0.25, 0.3) is 11.3 Å². The van der Waals surface area contributed by atoms with E-state index in [0.717, 1.165) is 11.8 Å². The van der Waals surface area contributed by atoms with Crippen LogP contribution in [0.4, 0.5) is 18.9 Å². The number of halogens is 3. The lowest BCUT2D eigenvalue weighted by Gasteiger charge is -2.10. The molecule has 0 aliphatic carbocycles. The molecule has 3 aromatic rings. The van der Waals surface area contributed by atoms with E-state index >= 15 is 0 Å². The number of hydrogen-bond donors (Lipinski definition) is 1. The van der Waals surface area contributed by atoms with Gasteiger partial charge in [0.15, 0.2) is 5.69 Å². The van der Waals surface area contributed by atoms with Gasteiger partial charge < -0.3 is 5.32 Å². The van der Waals surface area contributed by atoms with Gasteiger partial charge >= 0.3 is 6.18 Å². The van der Waals surface area contributed by atoms with Crippen LogP contribution < -0.4 is 5.32 Å². The number of nitrogens with one attached hydrogen (secondary N) is 1. The number of alkyl halides is 3. The molecule has 0 saturated heterocycles. The highest BCUT2D eigenvalue weighted by atomic mass is 19.4. The van der Waals surface area contributed by atoms with Gasteiger partial charge in [0.25, 0.3) is 0 Å². The van der Waals surface area contributed by atoms with Crippen molar-refractivity contribution in [2.24, 2.45) is 7.05 Å². The number of rotatable bonds is 4. The first-order valence-corrected chi connectivity index (χ1v) is 7.84. The molecule has 130 valence electrons. The Morgan fingerprint density at radius 2 is 1.72 bits per heavy atom. The zero-order chi connectivity index (χ0) is 18.0. The highest BCUT2D eigenvalue weighted by Crippen LogP contribution is 2.31. The SMILES string of the molecule is Cc1ccccc1CNc1ccc(-c2cc(C(F)(F)F)nn2C)cc1. The number of nitrogens with zero attached hydrogens (tertiary/aromatic N) is 2. The molecule has 3 rings (SSSR count). The van der Waals surface area contributed by atoms with Crippen LogP contribution in [0.2, 0.25) is 0 Å². The Morgan fingerprint density at radius 1 is 1.04 bits per heavy atom. The van der Waals surface area contributed by atoms with Gasteiger partial charge in [-0.15, -0.1) is 0 Å². The molecule has 0 amide bonds. The topological polar surface area (TPSA) is 29.9 Å². The summed E-state index contributed by atoms with van der Waals surface area (Å²) in [5.41, 5.74) is 3.55. The molecule has 0 aliphatic rings. The lowest BCUT2D eigenvalue weighted by atomic mass is 10.1. The maximum absolute atomic E-state index is 12.8. The van der Waals surface area contributed by atoms with Crippen LogP contribution >= 0.6 is 0 Å². The van der Waals surface area contributed by atoms with E-state index < -0.39 is 11.9 Å². The average Bonchev–Trinajstić information content (AvgIpc) is 2.97. The van der Waals surface area contributed by atoms with Gasteiger partial charge in [0, 0.05) is 19.3 Å². The summed E-state index contributed by atoms with van der Waals surface area (Å²) in [5, 5.41) is 6.86. The third-order valence-electron chi connectivity index (χ3n) is 4.10. The summed E-state index contributed by atoms with van der Waals surface area (Å²) in [5.74, 6) is 0. The van der Waals surface area contributed by atoms with Crippen molar-refractivity contribution >= 4 is 5.69 Å². The van der Waals surface area contributed by atoms with Crippen LogP contribution in [0.3, 0.4) is 0 Å². The molecule has 0 saturated carbocycles. The first-order valence-electron chi connectivity index (χ1n) is 7.84. The lowest BCUT2D eigenvalue weighted by molar-refractivity contribution is -0.141. The fourth-order valence-electron chi connectivity index (χ4n) is 2.64. The Morgan fingerprint density at radius 3 is 2.32 bits per heavy atom. The minimum atomic E-state index is -4.44. The lowest BCUT2D eigenvalue weighted by Crippen LogP contribution is -2.06. The number of anilines is 1. The molecule has 0 atom stereocenters. The first kappa shape index (κ1) is 17.1. The van der Waals surface area contributed by atoms with E-state index in [1.807, 2.05) is 24.3 Å². The van der Waals surface area contributed by atoms with Crippen molar-refractivity contribution < 1.29 is 13.2 Å². The second-order valence-electron chi connectivity index (χ2n) is 5.89. The second-order valence-corrected chi connectivity index (χ2v) is 5.89. The Labute approximate surface area is 144 Å². The Hall–Kier alpha value is -2.76. The van der Waals surface area contributed by atoms with Gasteiger partial charge in [0.05, 0.1) is 5.69 Å². The van der Waals surface area contributed by atoms with Crippen LogP contribution in [0, 0.1) is 6.92 Å². The van der Waals surface area contributed by atoms with Crippen molar-refractivity contribution in [3.05, 3.63) is 71.4 Å². The standard InChI is InChI=1S/C19H18F3N3/c1-13-5-3-4-6-15(13)12-23-16-9-7-14(8-10-16)17-11-18(19(20,21)22)24-25(17)2/h3-11,23H,12H2,1-2H3. The summed E-state index contributed by atoms with van der Waals surface area (Å²) in [6.45, 7) is 2.75. The van der Waals surface area contributed by atoms with Crippen LogP contribution in [0.15, 0.2) is 54.6 Å². The van der Waals surface area contributed by atoms with Crippen molar-refractivity contribution in [2.75, 3.05) is 5.32 Å². The van der Waals surface area contributed by atoms with Crippen molar-refractivity contribution in [1.82, 2.24) is 9.78 Å². The summed E-state index contributed by atoms with van der Waals surface area (Å²) >= 11 is 0. The third-order valence-corrected chi connectivity index (χ3v) is 4.10. The van der Waals surface area contributed by atoms with Crippen LogP contribution in [-0.2, 0) is 19.8 Å². The summed E-state index contributed by atoms with van der Waals surface area (Å²) in [6.07, 6.45) is -4.44. The largest absolute Gasteiger partial charge is 0.435 e. The monoisotopic (exact) mass is 345 g/mol. The summed E-state index contributed by atoms with van der Waals surface area (Å²) in [4.78, 5) is 0. The van der Waals surface area contributed by atoms with Gasteiger partial charge in [-0.3, -0.25) is 4.68 Å². The first-order chi connectivity index (χ1) is 11.8. The van der Waals surface area contributed by atoms with Gasteiger partial charge in [0.1, 0.15) is 0 Å². The van der Waals surface area contributed by atoms with Gasteiger partial charge in [-0.25, -0.2) is 0 Å². The molecule has 0 aliphatic heterocycles. The molecule has 0 radical (unpaired) electrons. The van der Waals surface area contributed by atoms with Crippen molar-refractivity contribution in [2.45, 2.75) is 19.6 Å². The Balaban J connectivity index is 1.75. The van der Waals surface area contributed by atoms with E-state index in [9.17, 15) is 13.2 Å². The smallest absolute Gasteiger partial charge is 0.381 e. The summed E-state index contributed by atoms with van der Waals surface area (Å²) in [7, 11) is 1.51. The molecule has 6 heteroatoms. The second kappa shape index (κ2) is 6.63. The molecule has 0 fully saturated rings. The minimum absolute atomic E-state index is 0.428. The van der Waals surface area contributed by atoms with E-state index in [2.05, 4.69) is 29.5 Å². The number of hydrogen-bond acceptors (Lipinski definition) is 2. The average molecular weight is 345 g/mol. The van der Waals surface area contributed by atoms with E-state index in [-0.39, 0.29) is 0 Å². The molecule has 0 bridgehead atoms. The predicted octanol–water partition coefficient (Wildman–Crippen LogP) is 5.03. The minimum Gasteiger partial charge on any atom is -0.381 e. The fourth-order valence-corrected chi connectivity index (χ4v) is 2.64. The van der Waals surface area contributed by atoms with Gasteiger partial charge in [-0.2, -0.15) is 18.3 Å². The Kier molecular flexibility index (Phi) is 4.53. The fraction of sp³-hybridized carbons (Fsp3) is 0.211. The molecule has 25 heavy (non-hydrogen) atoms. The normalized spacial score (nSPS) is 11.6. The summed E-state index contributed by atoms with van der Waals surface area (Å²) < 4.78 is 39.6. The molecule has 0 spiro atoms. The molecule has 1 aromatic heterocycles. The van der Waals surface area contributed by atoms with Gasteiger partial charge in [-0.1, -0.05) is 36.4 Å². The molecule has 0 unspecified atom stereocenters. The highest BCUT2D eigenvalue weighted by Gasteiger charge is 2.34. The molecular weight excluding hydrogens is 327 g/mol. The maximum Gasteiger partial charge on any atom is 0.435 e. The molecule has 1 heterocycles. The van der Waals surface area contributed by atoms with E-state index in [4.69, 9.17) is 0 Å². The molecule has 1 N–H and O–H groups in total. The van der Waals surface area contributed by atoms with Crippen molar-refractivity contribution in [3.63, 3.8) is 0 Å². The van der Waals surface area contributed by atoms with Gasteiger partial charge in [-0.05, 0) is 41.8 Å². The van der Waals surface area contributed by atoms with Crippen molar-refractivity contribution in [3.8, 4) is 11.3 Å². The van der Waals surface area contributed by atoms with E-state index in [1.54, 1.807) is 12.1 Å². The van der Waals surface area contributed by atoms with Crippen LogP contribution in [0.1, 0.15) is 16.8 Å². The molecule has 2 aromatic carbocycles. The summed E-state index contributed by atoms with van der Waals surface area (Å²) in [6, 6.07) is 16.5. The number of aromatic nitrogens is 2. The number of benzene rings is 2. The van der Waals surface area contributed by atoms with E-state index in [0.29, 0.717) is 17.8 Å². The van der Waals surface area contributed by atoms with E-state index in [1.165, 1.54) is 22.9 Å². The highest BCUT2D eigenvalue weighted by molar-refractivity contribution is 5.63. The van der Waals surface area contributed by atoms with Crippen molar-refractivity contribution in [1.29, 1.82) is 0 Å². The zero-order valence-corrected chi connectivity index (χ0v) is 13.9. The third kappa shape index (κ3) is 3.84. The van der Waals surface area contributed by atoms with Gasteiger partial charge in [0.2, 0.25) is 0 Å². The zero-order valence-electron chi connectivity index (χ0n) is 13.9. The molecular formula is C19H18F3N3. The maximum atomic E-state index is 12.8. The van der Waals surface area contributed by atoms with Crippen LogP contribution in [0.5, 0.6) is 0 Å².